The van der Waals surface area contributed by atoms with Crippen molar-refractivity contribution in [3.63, 3.8) is 0 Å². The van der Waals surface area contributed by atoms with E-state index in [4.69, 9.17) is 5.26 Å². The van der Waals surface area contributed by atoms with Gasteiger partial charge in [0.2, 0.25) is 0 Å². The summed E-state index contributed by atoms with van der Waals surface area (Å²) in [5.74, 6) is 0. The van der Waals surface area contributed by atoms with Crippen LogP contribution in [-0.2, 0) is 20.0 Å². The van der Waals surface area contributed by atoms with E-state index in [-0.39, 0.29) is 0 Å². The normalized spacial score (nSPS) is 10.2. The van der Waals surface area contributed by atoms with Crippen LogP contribution in [0.3, 0.4) is 0 Å². The predicted octanol–water partition coefficient (Wildman–Crippen LogP) is 1.02. The molecular formula is C13H15N5. The highest BCUT2D eigenvalue weighted by Gasteiger charge is 1.98. The summed E-state index contributed by atoms with van der Waals surface area (Å²) in [5, 5.41) is 16.4. The van der Waals surface area contributed by atoms with E-state index in [1.807, 2.05) is 31.4 Å². The Kier molecular flexibility index (Phi) is 4.05. The van der Waals surface area contributed by atoms with Gasteiger partial charge in [0.1, 0.15) is 11.8 Å². The van der Waals surface area contributed by atoms with Crippen LogP contribution in [0.5, 0.6) is 0 Å². The van der Waals surface area contributed by atoms with Crippen molar-refractivity contribution < 1.29 is 0 Å². The van der Waals surface area contributed by atoms with Gasteiger partial charge in [-0.1, -0.05) is 0 Å². The van der Waals surface area contributed by atoms with E-state index in [1.54, 1.807) is 16.9 Å². The molecule has 0 bridgehead atoms. The molecule has 0 saturated carbocycles. The number of pyridine rings is 1. The number of aryl methyl sites for hydroxylation is 1. The van der Waals surface area contributed by atoms with Crippen molar-refractivity contribution in [3.8, 4) is 6.07 Å². The van der Waals surface area contributed by atoms with Crippen molar-refractivity contribution in [1.82, 2.24) is 20.1 Å². The highest BCUT2D eigenvalue weighted by molar-refractivity contribution is 5.25. The van der Waals surface area contributed by atoms with Crippen LogP contribution in [0.2, 0.25) is 0 Å². The fourth-order valence-electron chi connectivity index (χ4n) is 1.69. The maximum atomic E-state index is 8.74. The summed E-state index contributed by atoms with van der Waals surface area (Å²) >= 11 is 0. The monoisotopic (exact) mass is 241 g/mol. The lowest BCUT2D eigenvalue weighted by atomic mass is 10.2. The molecule has 0 unspecified atom stereocenters. The Morgan fingerprint density at radius 1 is 1.44 bits per heavy atom. The van der Waals surface area contributed by atoms with E-state index in [0.29, 0.717) is 5.69 Å². The van der Waals surface area contributed by atoms with Crippen LogP contribution in [0.1, 0.15) is 17.0 Å². The molecule has 0 radical (unpaired) electrons. The Morgan fingerprint density at radius 3 is 3.06 bits per heavy atom. The third kappa shape index (κ3) is 3.40. The molecular weight excluding hydrogens is 226 g/mol. The molecule has 2 rings (SSSR count). The lowest BCUT2D eigenvalue weighted by molar-refractivity contribution is 0.665. The first-order chi connectivity index (χ1) is 8.78. The van der Waals surface area contributed by atoms with Crippen molar-refractivity contribution >= 4 is 0 Å². The first kappa shape index (κ1) is 12.3. The fourth-order valence-corrected chi connectivity index (χ4v) is 1.69. The van der Waals surface area contributed by atoms with Crippen LogP contribution in [0.25, 0.3) is 0 Å². The minimum atomic E-state index is 0.457. The zero-order chi connectivity index (χ0) is 12.8. The first-order valence-corrected chi connectivity index (χ1v) is 5.82. The molecule has 0 fully saturated rings. The second-order valence-corrected chi connectivity index (χ2v) is 4.07. The Bertz CT molecular complexity index is 553. The summed E-state index contributed by atoms with van der Waals surface area (Å²) in [4.78, 5) is 3.93. The zero-order valence-corrected chi connectivity index (χ0v) is 10.3. The summed E-state index contributed by atoms with van der Waals surface area (Å²) in [7, 11) is 1.91. The van der Waals surface area contributed by atoms with Crippen molar-refractivity contribution in [2.75, 3.05) is 6.54 Å². The minimum absolute atomic E-state index is 0.457. The van der Waals surface area contributed by atoms with Gasteiger partial charge in [-0.3, -0.25) is 4.68 Å². The smallest absolute Gasteiger partial charge is 0.140 e. The lowest BCUT2D eigenvalue weighted by Crippen LogP contribution is -2.17. The molecule has 0 spiro atoms. The molecule has 5 heteroatoms. The van der Waals surface area contributed by atoms with Gasteiger partial charge in [-0.25, -0.2) is 4.98 Å². The van der Waals surface area contributed by atoms with Gasteiger partial charge < -0.3 is 5.32 Å². The van der Waals surface area contributed by atoms with E-state index >= 15 is 0 Å². The molecule has 18 heavy (non-hydrogen) atoms. The molecule has 2 heterocycles. The predicted molar refractivity (Wildman–Crippen MR) is 67.6 cm³/mol. The molecule has 0 aromatic carbocycles. The van der Waals surface area contributed by atoms with Gasteiger partial charge in [-0.2, -0.15) is 10.4 Å². The standard InChI is InChI=1S/C13H15N5/c1-18-7-4-12(17-18)3-5-15-10-11-2-6-16-13(8-11)9-14/h2,4,6-8,15H,3,5,10H2,1H3. The quantitative estimate of drug-likeness (QED) is 0.794. The molecule has 0 aliphatic rings. The Morgan fingerprint density at radius 2 is 2.33 bits per heavy atom. The Balaban J connectivity index is 1.77. The number of nitriles is 1. The topological polar surface area (TPSA) is 66.5 Å². The van der Waals surface area contributed by atoms with Crippen molar-refractivity contribution in [1.29, 1.82) is 5.26 Å². The summed E-state index contributed by atoms with van der Waals surface area (Å²) in [6, 6.07) is 7.76. The number of nitrogens with one attached hydrogen (secondary N) is 1. The van der Waals surface area contributed by atoms with Crippen LogP contribution < -0.4 is 5.32 Å². The van der Waals surface area contributed by atoms with E-state index in [0.717, 1.165) is 30.8 Å². The molecule has 0 atom stereocenters. The zero-order valence-electron chi connectivity index (χ0n) is 10.3. The van der Waals surface area contributed by atoms with Gasteiger partial charge in [-0.05, 0) is 23.8 Å². The van der Waals surface area contributed by atoms with Gasteiger partial charge in [0, 0.05) is 39.0 Å². The molecule has 0 aliphatic carbocycles. The van der Waals surface area contributed by atoms with Gasteiger partial charge in [0.25, 0.3) is 0 Å². The largest absolute Gasteiger partial charge is 0.312 e. The molecule has 5 nitrogen and oxygen atoms in total. The number of nitrogens with zero attached hydrogens (tertiary/aromatic N) is 4. The second kappa shape index (κ2) is 5.94. The number of aromatic nitrogens is 3. The number of hydrogen-bond donors (Lipinski definition) is 1. The van der Waals surface area contributed by atoms with Gasteiger partial charge >= 0.3 is 0 Å². The number of rotatable bonds is 5. The third-order valence-corrected chi connectivity index (χ3v) is 2.59. The Labute approximate surface area is 106 Å². The molecule has 0 saturated heterocycles. The fraction of sp³-hybridized carbons (Fsp3) is 0.308. The summed E-state index contributed by atoms with van der Waals surface area (Å²) in [5.41, 5.74) is 2.61. The average molecular weight is 241 g/mol. The molecule has 0 aliphatic heterocycles. The van der Waals surface area contributed by atoms with E-state index < -0.39 is 0 Å². The van der Waals surface area contributed by atoms with Crippen molar-refractivity contribution in [2.24, 2.45) is 7.05 Å². The van der Waals surface area contributed by atoms with Crippen molar-refractivity contribution in [2.45, 2.75) is 13.0 Å². The first-order valence-electron chi connectivity index (χ1n) is 5.82. The van der Waals surface area contributed by atoms with E-state index in [2.05, 4.69) is 15.4 Å². The lowest BCUT2D eigenvalue weighted by Gasteiger charge is -2.03. The average Bonchev–Trinajstić information content (AvgIpc) is 2.81. The molecule has 2 aromatic rings. The van der Waals surface area contributed by atoms with Gasteiger partial charge in [-0.15, -0.1) is 0 Å². The summed E-state index contributed by atoms with van der Waals surface area (Å²) in [6.07, 6.45) is 4.50. The van der Waals surface area contributed by atoms with Crippen molar-refractivity contribution in [3.05, 3.63) is 47.5 Å². The van der Waals surface area contributed by atoms with Crippen LogP contribution in [0, 0.1) is 11.3 Å². The SMILES string of the molecule is Cn1ccc(CCNCc2ccnc(C#N)c2)n1. The molecule has 92 valence electrons. The van der Waals surface area contributed by atoms with Crippen LogP contribution >= 0.6 is 0 Å². The summed E-state index contributed by atoms with van der Waals surface area (Å²) < 4.78 is 1.80. The maximum absolute atomic E-state index is 8.74. The second-order valence-electron chi connectivity index (χ2n) is 4.07. The van der Waals surface area contributed by atoms with E-state index in [9.17, 15) is 0 Å². The molecule has 0 amide bonds. The van der Waals surface area contributed by atoms with Crippen LogP contribution in [-0.4, -0.2) is 21.3 Å². The summed E-state index contributed by atoms with van der Waals surface area (Å²) in [6.45, 7) is 1.60. The molecule has 2 aromatic heterocycles. The van der Waals surface area contributed by atoms with Crippen LogP contribution in [0.4, 0.5) is 0 Å². The minimum Gasteiger partial charge on any atom is -0.312 e. The highest BCUT2D eigenvalue weighted by Crippen LogP contribution is 2.00. The Hall–Kier alpha value is -2.19. The maximum Gasteiger partial charge on any atom is 0.140 e. The van der Waals surface area contributed by atoms with Gasteiger partial charge in [0.15, 0.2) is 0 Å². The van der Waals surface area contributed by atoms with Crippen LogP contribution in [0.15, 0.2) is 30.6 Å². The van der Waals surface area contributed by atoms with E-state index in [1.165, 1.54) is 0 Å². The molecule has 1 N–H and O–H groups in total. The highest BCUT2D eigenvalue weighted by atomic mass is 15.2. The third-order valence-electron chi connectivity index (χ3n) is 2.59. The number of hydrogen-bond acceptors (Lipinski definition) is 4. The van der Waals surface area contributed by atoms with Gasteiger partial charge in [0.05, 0.1) is 5.69 Å².